The van der Waals surface area contributed by atoms with Crippen LogP contribution in [0.4, 0.5) is 11.6 Å². The molecule has 1 aliphatic rings. The molecular weight excluding hydrogens is 248 g/mol. The van der Waals surface area contributed by atoms with Gasteiger partial charge >= 0.3 is 0 Å². The Morgan fingerprint density at radius 2 is 2.05 bits per heavy atom. The molecule has 112 valence electrons. The van der Waals surface area contributed by atoms with Crippen LogP contribution in [-0.4, -0.2) is 29.6 Å². The summed E-state index contributed by atoms with van der Waals surface area (Å²) in [6.45, 7) is 9.78. The number of hydrogen-bond donors (Lipinski definition) is 1. The molecule has 1 fully saturated rings. The van der Waals surface area contributed by atoms with E-state index in [2.05, 4.69) is 41.0 Å². The molecule has 0 aromatic carbocycles. The Balaban J connectivity index is 2.20. The molecule has 2 rings (SSSR count). The van der Waals surface area contributed by atoms with Crippen molar-refractivity contribution in [1.82, 2.24) is 9.97 Å². The zero-order chi connectivity index (χ0) is 14.4. The van der Waals surface area contributed by atoms with Crippen molar-refractivity contribution in [3.05, 3.63) is 11.9 Å². The van der Waals surface area contributed by atoms with Crippen LogP contribution >= 0.6 is 0 Å². The van der Waals surface area contributed by atoms with Gasteiger partial charge in [0.1, 0.15) is 18.0 Å². The zero-order valence-corrected chi connectivity index (χ0v) is 13.2. The summed E-state index contributed by atoms with van der Waals surface area (Å²) in [5.74, 6) is 3.05. The molecule has 1 aromatic heterocycles. The van der Waals surface area contributed by atoms with Crippen LogP contribution in [0, 0.1) is 5.92 Å². The van der Waals surface area contributed by atoms with Gasteiger partial charge in [0.2, 0.25) is 0 Å². The number of nitrogens with zero attached hydrogens (tertiary/aromatic N) is 3. The van der Waals surface area contributed by atoms with Gasteiger partial charge in [-0.25, -0.2) is 9.97 Å². The van der Waals surface area contributed by atoms with Gasteiger partial charge in [0, 0.05) is 25.2 Å². The highest BCUT2D eigenvalue weighted by molar-refractivity contribution is 5.58. The molecule has 1 atom stereocenters. The molecule has 1 aromatic rings. The summed E-state index contributed by atoms with van der Waals surface area (Å²) < 4.78 is 0. The molecule has 0 amide bonds. The Labute approximate surface area is 123 Å². The third-order valence-corrected chi connectivity index (χ3v) is 4.34. The Morgan fingerprint density at radius 1 is 1.20 bits per heavy atom. The summed E-state index contributed by atoms with van der Waals surface area (Å²) in [6.07, 6.45) is 7.92. The van der Waals surface area contributed by atoms with Gasteiger partial charge in [-0.05, 0) is 38.5 Å². The third kappa shape index (κ3) is 3.41. The number of rotatable bonds is 5. The van der Waals surface area contributed by atoms with E-state index in [1.54, 1.807) is 6.33 Å². The van der Waals surface area contributed by atoms with Gasteiger partial charge in [-0.2, -0.15) is 0 Å². The molecule has 1 saturated heterocycles. The maximum absolute atomic E-state index is 4.58. The van der Waals surface area contributed by atoms with Gasteiger partial charge in [0.25, 0.3) is 0 Å². The van der Waals surface area contributed by atoms with Crippen molar-refractivity contribution in [3.8, 4) is 0 Å². The van der Waals surface area contributed by atoms with Crippen LogP contribution < -0.4 is 10.2 Å². The molecule has 1 unspecified atom stereocenters. The molecule has 1 aliphatic heterocycles. The fourth-order valence-electron chi connectivity index (χ4n) is 3.11. The fraction of sp³-hybridized carbons (Fsp3) is 0.750. The Bertz CT molecular complexity index is 419. The first-order chi connectivity index (χ1) is 9.80. The smallest absolute Gasteiger partial charge is 0.137 e. The summed E-state index contributed by atoms with van der Waals surface area (Å²) in [7, 11) is 0. The van der Waals surface area contributed by atoms with Gasteiger partial charge in [-0.1, -0.05) is 20.3 Å². The maximum Gasteiger partial charge on any atom is 0.137 e. The minimum Gasteiger partial charge on any atom is -0.370 e. The van der Waals surface area contributed by atoms with E-state index in [4.69, 9.17) is 0 Å². The largest absolute Gasteiger partial charge is 0.370 e. The fourth-order valence-corrected chi connectivity index (χ4v) is 3.11. The minimum absolute atomic E-state index is 0.889. The van der Waals surface area contributed by atoms with E-state index in [-0.39, 0.29) is 0 Å². The van der Waals surface area contributed by atoms with Crippen molar-refractivity contribution in [2.24, 2.45) is 5.92 Å². The number of aromatic nitrogens is 2. The Hall–Kier alpha value is -1.32. The Morgan fingerprint density at radius 3 is 2.75 bits per heavy atom. The summed E-state index contributed by atoms with van der Waals surface area (Å²) in [5.41, 5.74) is 1.27. The monoisotopic (exact) mass is 276 g/mol. The zero-order valence-electron chi connectivity index (χ0n) is 13.2. The van der Waals surface area contributed by atoms with Crippen molar-refractivity contribution in [3.63, 3.8) is 0 Å². The normalized spacial score (nSPS) is 19.8. The van der Waals surface area contributed by atoms with Crippen LogP contribution in [0.2, 0.25) is 0 Å². The Kier molecular flexibility index (Phi) is 5.62. The second kappa shape index (κ2) is 7.46. The van der Waals surface area contributed by atoms with Crippen LogP contribution in [0.3, 0.4) is 0 Å². The number of hydrogen-bond acceptors (Lipinski definition) is 4. The quantitative estimate of drug-likeness (QED) is 0.894. The van der Waals surface area contributed by atoms with Gasteiger partial charge in [0.15, 0.2) is 0 Å². The van der Waals surface area contributed by atoms with E-state index in [1.807, 2.05) is 0 Å². The second-order valence-corrected chi connectivity index (χ2v) is 5.60. The SMILES string of the molecule is CCNc1ncnc(N2CCCC(CC)CC2)c1CC. The van der Waals surface area contributed by atoms with Gasteiger partial charge in [-0.3, -0.25) is 0 Å². The molecule has 4 heteroatoms. The minimum atomic E-state index is 0.889. The molecule has 20 heavy (non-hydrogen) atoms. The predicted molar refractivity (Wildman–Crippen MR) is 85.4 cm³/mol. The van der Waals surface area contributed by atoms with E-state index in [9.17, 15) is 0 Å². The summed E-state index contributed by atoms with van der Waals surface area (Å²) in [4.78, 5) is 11.5. The highest BCUT2D eigenvalue weighted by Crippen LogP contribution is 2.28. The predicted octanol–water partition coefficient (Wildman–Crippen LogP) is 3.49. The van der Waals surface area contributed by atoms with Crippen LogP contribution in [0.5, 0.6) is 0 Å². The average molecular weight is 276 g/mol. The lowest BCUT2D eigenvalue weighted by Gasteiger charge is -2.25. The molecule has 2 heterocycles. The van der Waals surface area contributed by atoms with E-state index < -0.39 is 0 Å². The standard InChI is InChI=1S/C16H28N4/c1-4-13-8-7-10-20(11-9-13)16-14(5-2)15(17-6-3)18-12-19-16/h12-13H,4-11H2,1-3H3,(H,17,18,19). The highest BCUT2D eigenvalue weighted by atomic mass is 15.2. The lowest BCUT2D eigenvalue weighted by atomic mass is 9.98. The molecule has 0 bridgehead atoms. The van der Waals surface area contributed by atoms with Crippen LogP contribution in [0.25, 0.3) is 0 Å². The van der Waals surface area contributed by atoms with Crippen molar-refractivity contribution in [1.29, 1.82) is 0 Å². The van der Waals surface area contributed by atoms with Crippen LogP contribution in [0.1, 0.15) is 52.0 Å². The molecule has 1 N–H and O–H groups in total. The van der Waals surface area contributed by atoms with E-state index in [0.29, 0.717) is 0 Å². The van der Waals surface area contributed by atoms with Crippen molar-refractivity contribution in [2.45, 2.75) is 52.9 Å². The molecule has 0 radical (unpaired) electrons. The van der Waals surface area contributed by atoms with Crippen molar-refractivity contribution in [2.75, 3.05) is 29.9 Å². The molecule has 0 saturated carbocycles. The van der Waals surface area contributed by atoms with E-state index in [1.165, 1.54) is 31.2 Å². The first kappa shape index (κ1) is 15.1. The summed E-state index contributed by atoms with van der Waals surface area (Å²) in [5, 5.41) is 3.36. The first-order valence-corrected chi connectivity index (χ1v) is 8.12. The van der Waals surface area contributed by atoms with Crippen molar-refractivity contribution >= 4 is 11.6 Å². The molecule has 0 aliphatic carbocycles. The highest BCUT2D eigenvalue weighted by Gasteiger charge is 2.20. The second-order valence-electron chi connectivity index (χ2n) is 5.60. The molecular formula is C16H28N4. The van der Waals surface area contributed by atoms with Gasteiger partial charge in [0.05, 0.1) is 0 Å². The molecule has 4 nitrogen and oxygen atoms in total. The van der Waals surface area contributed by atoms with Crippen molar-refractivity contribution < 1.29 is 0 Å². The summed E-state index contributed by atoms with van der Waals surface area (Å²) in [6, 6.07) is 0. The number of anilines is 2. The van der Waals surface area contributed by atoms with Gasteiger partial charge in [-0.15, -0.1) is 0 Å². The third-order valence-electron chi connectivity index (χ3n) is 4.34. The van der Waals surface area contributed by atoms with E-state index in [0.717, 1.165) is 43.6 Å². The summed E-state index contributed by atoms with van der Waals surface area (Å²) >= 11 is 0. The lowest BCUT2D eigenvalue weighted by molar-refractivity contribution is 0.459. The molecule has 0 spiro atoms. The first-order valence-electron chi connectivity index (χ1n) is 8.12. The maximum atomic E-state index is 4.58. The van der Waals surface area contributed by atoms with E-state index >= 15 is 0 Å². The van der Waals surface area contributed by atoms with Crippen LogP contribution in [0.15, 0.2) is 6.33 Å². The van der Waals surface area contributed by atoms with Crippen LogP contribution in [-0.2, 0) is 6.42 Å². The average Bonchev–Trinajstić information content (AvgIpc) is 2.72. The topological polar surface area (TPSA) is 41.1 Å². The lowest BCUT2D eigenvalue weighted by Crippen LogP contribution is -2.27. The van der Waals surface area contributed by atoms with Gasteiger partial charge < -0.3 is 10.2 Å². The number of nitrogens with one attached hydrogen (secondary N) is 1.